The Bertz CT molecular complexity index is 793. The van der Waals surface area contributed by atoms with Crippen LogP contribution in [0, 0.1) is 11.6 Å². The van der Waals surface area contributed by atoms with Crippen molar-refractivity contribution >= 4 is 17.8 Å². The van der Waals surface area contributed by atoms with Crippen LogP contribution in [0.1, 0.15) is 10.4 Å². The minimum absolute atomic E-state index is 0.00966. The van der Waals surface area contributed by atoms with Gasteiger partial charge in [0, 0.05) is 19.2 Å². The molecular formula is C15H14F2N4O3. The Kier molecular flexibility index (Phi) is 4.15. The minimum atomic E-state index is -0.951. The summed E-state index contributed by atoms with van der Waals surface area (Å²) in [6.45, 7) is 0.236. The van der Waals surface area contributed by atoms with Gasteiger partial charge in [-0.1, -0.05) is 0 Å². The van der Waals surface area contributed by atoms with Gasteiger partial charge in [0.05, 0.1) is 24.8 Å². The number of nitrogens with zero attached hydrogens (tertiary/aromatic N) is 3. The predicted molar refractivity (Wildman–Crippen MR) is 79.5 cm³/mol. The van der Waals surface area contributed by atoms with Crippen LogP contribution in [0.5, 0.6) is 0 Å². The van der Waals surface area contributed by atoms with E-state index in [1.807, 2.05) is 0 Å². The zero-order valence-electron chi connectivity index (χ0n) is 12.7. The number of nitrogens with one attached hydrogen (secondary N) is 1. The second-order valence-electron chi connectivity index (χ2n) is 5.26. The lowest BCUT2D eigenvalue weighted by molar-refractivity contribution is 0.0912. The molecule has 3 rings (SSSR count). The summed E-state index contributed by atoms with van der Waals surface area (Å²) in [6.07, 6.45) is 0.417. The lowest BCUT2D eigenvalue weighted by Gasteiger charge is -2.12. The van der Waals surface area contributed by atoms with Gasteiger partial charge in [-0.25, -0.2) is 13.6 Å². The number of hydrogen-bond donors (Lipinski definition) is 1. The molecule has 9 heteroatoms. The molecule has 126 valence electrons. The number of carbonyl (C=O) groups excluding carboxylic acids is 2. The van der Waals surface area contributed by atoms with Crippen LogP contribution in [0.3, 0.4) is 0 Å². The molecule has 1 fully saturated rings. The largest absolute Gasteiger partial charge is 0.442 e. The van der Waals surface area contributed by atoms with E-state index in [-0.39, 0.29) is 18.7 Å². The summed E-state index contributed by atoms with van der Waals surface area (Å²) < 4.78 is 33.1. The van der Waals surface area contributed by atoms with Gasteiger partial charge in [0.2, 0.25) is 0 Å². The standard InChI is InChI=1S/C15H14F2N4O3/c1-20-13(4-5-19-20)21-8-10(24-15(21)23)7-18-14(22)11-3-2-9(16)6-12(11)17/h2-6,10H,7-8H2,1H3,(H,18,22). The molecule has 1 aromatic carbocycles. The molecular weight excluding hydrogens is 322 g/mol. The van der Waals surface area contributed by atoms with E-state index in [0.29, 0.717) is 11.9 Å². The first-order valence-corrected chi connectivity index (χ1v) is 7.15. The topological polar surface area (TPSA) is 76.5 Å². The molecule has 0 spiro atoms. The third-order valence-corrected chi connectivity index (χ3v) is 3.61. The molecule has 1 saturated heterocycles. The number of halogens is 2. The minimum Gasteiger partial charge on any atom is -0.442 e. The van der Waals surface area contributed by atoms with E-state index in [9.17, 15) is 18.4 Å². The van der Waals surface area contributed by atoms with Crippen LogP contribution in [0.4, 0.5) is 19.4 Å². The maximum atomic E-state index is 13.6. The highest BCUT2D eigenvalue weighted by atomic mass is 19.1. The predicted octanol–water partition coefficient (Wildman–Crippen LogP) is 1.45. The highest BCUT2D eigenvalue weighted by molar-refractivity contribution is 5.94. The van der Waals surface area contributed by atoms with Gasteiger partial charge >= 0.3 is 6.09 Å². The number of aromatic nitrogens is 2. The Morgan fingerprint density at radius 1 is 1.42 bits per heavy atom. The SMILES string of the molecule is Cn1nccc1N1CC(CNC(=O)c2ccc(F)cc2F)OC1=O. The van der Waals surface area contributed by atoms with Crippen molar-refractivity contribution in [2.75, 3.05) is 18.0 Å². The number of rotatable bonds is 4. The average molecular weight is 336 g/mol. The van der Waals surface area contributed by atoms with Crippen molar-refractivity contribution in [3.8, 4) is 0 Å². The maximum absolute atomic E-state index is 13.6. The van der Waals surface area contributed by atoms with Crippen LogP contribution < -0.4 is 10.2 Å². The van der Waals surface area contributed by atoms with E-state index in [0.717, 1.165) is 12.1 Å². The fourth-order valence-corrected chi connectivity index (χ4v) is 2.42. The van der Waals surface area contributed by atoms with Crippen LogP contribution in [0.2, 0.25) is 0 Å². The monoisotopic (exact) mass is 336 g/mol. The van der Waals surface area contributed by atoms with Crippen LogP contribution in [0.25, 0.3) is 0 Å². The molecule has 1 N–H and O–H groups in total. The number of hydrogen-bond acceptors (Lipinski definition) is 4. The van der Waals surface area contributed by atoms with Gasteiger partial charge < -0.3 is 10.1 Å². The summed E-state index contributed by atoms with van der Waals surface area (Å²) in [5, 5.41) is 6.45. The summed E-state index contributed by atoms with van der Waals surface area (Å²) in [5.74, 6) is -1.85. The molecule has 0 bridgehead atoms. The first-order valence-electron chi connectivity index (χ1n) is 7.15. The Hall–Kier alpha value is -2.97. The van der Waals surface area contributed by atoms with E-state index in [4.69, 9.17) is 4.74 Å². The Labute approximate surface area is 135 Å². The molecule has 1 aromatic heterocycles. The van der Waals surface area contributed by atoms with Gasteiger partial charge in [0.25, 0.3) is 5.91 Å². The summed E-state index contributed by atoms with van der Waals surface area (Å²) >= 11 is 0. The number of carbonyl (C=O) groups is 2. The van der Waals surface area contributed by atoms with Crippen molar-refractivity contribution in [3.05, 3.63) is 47.7 Å². The fourth-order valence-electron chi connectivity index (χ4n) is 2.42. The normalized spacial score (nSPS) is 17.0. The van der Waals surface area contributed by atoms with Gasteiger partial charge in [-0.2, -0.15) is 5.10 Å². The number of anilines is 1. The number of benzene rings is 1. The van der Waals surface area contributed by atoms with Crippen LogP contribution >= 0.6 is 0 Å². The molecule has 7 nitrogen and oxygen atoms in total. The lowest BCUT2D eigenvalue weighted by Crippen LogP contribution is -2.35. The summed E-state index contributed by atoms with van der Waals surface area (Å²) in [5.41, 5.74) is -0.274. The van der Waals surface area contributed by atoms with Crippen LogP contribution in [-0.4, -0.2) is 41.0 Å². The van der Waals surface area contributed by atoms with E-state index >= 15 is 0 Å². The van der Waals surface area contributed by atoms with Gasteiger partial charge in [-0.05, 0) is 12.1 Å². The Balaban J connectivity index is 1.60. The van der Waals surface area contributed by atoms with Crippen LogP contribution in [0.15, 0.2) is 30.5 Å². The highest BCUT2D eigenvalue weighted by Gasteiger charge is 2.34. The molecule has 2 amide bonds. The number of amides is 2. The molecule has 24 heavy (non-hydrogen) atoms. The zero-order valence-corrected chi connectivity index (χ0v) is 12.7. The fraction of sp³-hybridized carbons (Fsp3) is 0.267. The quantitative estimate of drug-likeness (QED) is 0.917. The molecule has 2 aromatic rings. The summed E-state index contributed by atoms with van der Waals surface area (Å²) in [6, 6.07) is 4.35. The van der Waals surface area contributed by atoms with Gasteiger partial charge in [0.1, 0.15) is 23.6 Å². The molecule has 2 heterocycles. The molecule has 0 saturated carbocycles. The van der Waals surface area contributed by atoms with Crippen LogP contribution in [-0.2, 0) is 11.8 Å². The number of cyclic esters (lactones) is 1. The van der Waals surface area contributed by atoms with Gasteiger partial charge in [-0.15, -0.1) is 0 Å². The molecule has 1 aliphatic rings. The highest BCUT2D eigenvalue weighted by Crippen LogP contribution is 2.20. The molecule has 1 aliphatic heterocycles. The van der Waals surface area contributed by atoms with Crippen molar-refractivity contribution in [3.63, 3.8) is 0 Å². The van der Waals surface area contributed by atoms with E-state index in [1.54, 1.807) is 19.3 Å². The molecule has 0 radical (unpaired) electrons. The van der Waals surface area contributed by atoms with Gasteiger partial charge in [0.15, 0.2) is 0 Å². The Morgan fingerprint density at radius 2 is 2.21 bits per heavy atom. The first kappa shape index (κ1) is 15.9. The van der Waals surface area contributed by atoms with E-state index in [2.05, 4.69) is 10.4 Å². The van der Waals surface area contributed by atoms with Crippen molar-refractivity contribution in [2.45, 2.75) is 6.10 Å². The number of aryl methyl sites for hydroxylation is 1. The maximum Gasteiger partial charge on any atom is 0.416 e. The Morgan fingerprint density at radius 3 is 2.88 bits per heavy atom. The van der Waals surface area contributed by atoms with Crippen molar-refractivity contribution in [1.29, 1.82) is 0 Å². The molecule has 0 aliphatic carbocycles. The summed E-state index contributed by atoms with van der Waals surface area (Å²) in [4.78, 5) is 25.2. The van der Waals surface area contributed by atoms with Crippen molar-refractivity contribution < 1.29 is 23.1 Å². The first-order chi connectivity index (χ1) is 11.5. The smallest absolute Gasteiger partial charge is 0.416 e. The lowest BCUT2D eigenvalue weighted by atomic mass is 10.2. The second-order valence-corrected chi connectivity index (χ2v) is 5.26. The van der Waals surface area contributed by atoms with Crippen molar-refractivity contribution in [1.82, 2.24) is 15.1 Å². The van der Waals surface area contributed by atoms with Gasteiger partial charge in [-0.3, -0.25) is 14.4 Å². The third-order valence-electron chi connectivity index (χ3n) is 3.61. The molecule has 1 unspecified atom stereocenters. The van der Waals surface area contributed by atoms with E-state index < -0.39 is 29.7 Å². The third kappa shape index (κ3) is 3.05. The number of ether oxygens (including phenoxy) is 1. The van der Waals surface area contributed by atoms with E-state index in [1.165, 1.54) is 9.58 Å². The molecule has 1 atom stereocenters. The van der Waals surface area contributed by atoms with Crippen molar-refractivity contribution in [2.24, 2.45) is 7.05 Å². The second kappa shape index (κ2) is 6.26. The summed E-state index contributed by atoms with van der Waals surface area (Å²) in [7, 11) is 1.69. The zero-order chi connectivity index (χ0) is 17.3. The average Bonchev–Trinajstić information content (AvgIpc) is 3.10.